The van der Waals surface area contributed by atoms with Crippen LogP contribution in [-0.4, -0.2) is 4.98 Å². The van der Waals surface area contributed by atoms with Crippen LogP contribution in [0.5, 0.6) is 0 Å². The quantitative estimate of drug-likeness (QED) is 0.669. The van der Waals surface area contributed by atoms with Gasteiger partial charge in [0.2, 0.25) is 0 Å². The van der Waals surface area contributed by atoms with Crippen molar-refractivity contribution in [3.63, 3.8) is 0 Å². The zero-order valence-corrected chi connectivity index (χ0v) is 8.29. The van der Waals surface area contributed by atoms with E-state index in [1.165, 1.54) is 6.07 Å². The largest absolute Gasteiger partial charge is 0.249 e. The second-order valence-corrected chi connectivity index (χ2v) is 3.70. The van der Waals surface area contributed by atoms with Gasteiger partial charge < -0.3 is 0 Å². The first-order valence-electron chi connectivity index (χ1n) is 4.73. The Kier molecular flexibility index (Phi) is 2.20. The lowest BCUT2D eigenvalue weighted by atomic mass is 10.1. The van der Waals surface area contributed by atoms with Crippen LogP contribution in [0.4, 0.5) is 4.39 Å². The zero-order chi connectivity index (χ0) is 10.1. The van der Waals surface area contributed by atoms with Gasteiger partial charge >= 0.3 is 0 Å². The Bertz CT molecular complexity index is 463. The first kappa shape index (κ1) is 9.13. The number of nitrogens with zero attached hydrogens (tertiary/aromatic N) is 1. The monoisotopic (exact) mass is 189 g/mol. The van der Waals surface area contributed by atoms with Crippen molar-refractivity contribution in [3.05, 3.63) is 41.8 Å². The van der Waals surface area contributed by atoms with Crippen LogP contribution in [-0.2, 0) is 0 Å². The van der Waals surface area contributed by atoms with E-state index in [0.29, 0.717) is 11.4 Å². The highest BCUT2D eigenvalue weighted by atomic mass is 19.1. The number of fused-ring (bicyclic) bond motifs is 1. The molecule has 0 N–H and O–H groups in total. The lowest BCUT2D eigenvalue weighted by Crippen LogP contribution is -1.93. The van der Waals surface area contributed by atoms with E-state index in [2.05, 4.69) is 18.8 Å². The number of pyridine rings is 1. The topological polar surface area (TPSA) is 12.9 Å². The molecule has 2 aromatic rings. The molecule has 1 heterocycles. The Morgan fingerprint density at radius 3 is 2.64 bits per heavy atom. The van der Waals surface area contributed by atoms with Gasteiger partial charge in [-0.05, 0) is 18.1 Å². The van der Waals surface area contributed by atoms with Gasteiger partial charge in [-0.25, -0.2) is 9.37 Å². The number of halogens is 1. The number of hydrogen-bond donors (Lipinski definition) is 0. The molecule has 0 bridgehead atoms. The molecule has 0 fully saturated rings. The van der Waals surface area contributed by atoms with Gasteiger partial charge in [0.25, 0.3) is 0 Å². The summed E-state index contributed by atoms with van der Waals surface area (Å²) in [6.07, 6.45) is 0. The number of benzene rings is 1. The molecule has 1 aromatic carbocycles. The maximum absolute atomic E-state index is 13.4. The van der Waals surface area contributed by atoms with Gasteiger partial charge in [0, 0.05) is 11.1 Å². The molecular weight excluding hydrogens is 177 g/mol. The summed E-state index contributed by atoms with van der Waals surface area (Å²) in [5, 5.41) is 0.856. The molecule has 2 rings (SSSR count). The fourth-order valence-electron chi connectivity index (χ4n) is 1.45. The molecule has 0 aliphatic heterocycles. The molecule has 0 saturated heterocycles. The predicted octanol–water partition coefficient (Wildman–Crippen LogP) is 3.50. The van der Waals surface area contributed by atoms with Crippen molar-refractivity contribution in [2.45, 2.75) is 19.8 Å². The standard InChI is InChI=1S/C12H12FN/c1-8(2)11-7-6-9-4-3-5-10(13)12(9)14-11/h3-8H,1-2H3. The molecule has 0 unspecified atom stereocenters. The van der Waals surface area contributed by atoms with Crippen LogP contribution in [0.2, 0.25) is 0 Å². The van der Waals surface area contributed by atoms with E-state index in [0.717, 1.165) is 11.1 Å². The molecule has 0 spiro atoms. The summed E-state index contributed by atoms with van der Waals surface area (Å²) < 4.78 is 13.4. The van der Waals surface area contributed by atoms with E-state index in [9.17, 15) is 4.39 Å². The van der Waals surface area contributed by atoms with Crippen LogP contribution < -0.4 is 0 Å². The molecule has 72 valence electrons. The van der Waals surface area contributed by atoms with E-state index in [1.807, 2.05) is 18.2 Å². The molecule has 0 atom stereocenters. The Labute approximate surface area is 82.6 Å². The van der Waals surface area contributed by atoms with Crippen molar-refractivity contribution in [2.75, 3.05) is 0 Å². The molecule has 0 radical (unpaired) electrons. The molecule has 14 heavy (non-hydrogen) atoms. The van der Waals surface area contributed by atoms with Gasteiger partial charge in [0.1, 0.15) is 11.3 Å². The molecule has 0 amide bonds. The Balaban J connectivity index is 2.70. The molecular formula is C12H12FN. The van der Waals surface area contributed by atoms with Crippen LogP contribution in [0.1, 0.15) is 25.5 Å². The van der Waals surface area contributed by atoms with Crippen molar-refractivity contribution >= 4 is 10.9 Å². The van der Waals surface area contributed by atoms with Crippen LogP contribution in [0, 0.1) is 5.82 Å². The maximum Gasteiger partial charge on any atom is 0.149 e. The molecule has 1 aromatic heterocycles. The summed E-state index contributed by atoms with van der Waals surface area (Å²) in [5.41, 5.74) is 1.40. The van der Waals surface area contributed by atoms with Crippen molar-refractivity contribution in [1.29, 1.82) is 0 Å². The minimum Gasteiger partial charge on any atom is -0.249 e. The number of para-hydroxylation sites is 1. The van der Waals surface area contributed by atoms with Gasteiger partial charge in [-0.3, -0.25) is 0 Å². The van der Waals surface area contributed by atoms with Gasteiger partial charge in [-0.1, -0.05) is 32.0 Å². The number of rotatable bonds is 1. The fraction of sp³-hybridized carbons (Fsp3) is 0.250. The van der Waals surface area contributed by atoms with Crippen LogP contribution >= 0.6 is 0 Å². The average Bonchev–Trinajstić information content (AvgIpc) is 2.18. The van der Waals surface area contributed by atoms with Gasteiger partial charge in [0.15, 0.2) is 0 Å². The van der Waals surface area contributed by atoms with E-state index in [-0.39, 0.29) is 5.82 Å². The summed E-state index contributed by atoms with van der Waals surface area (Å²) >= 11 is 0. The third-order valence-corrected chi connectivity index (χ3v) is 2.28. The van der Waals surface area contributed by atoms with Gasteiger partial charge in [-0.15, -0.1) is 0 Å². The number of hydrogen-bond acceptors (Lipinski definition) is 1. The second kappa shape index (κ2) is 3.37. The van der Waals surface area contributed by atoms with Gasteiger partial charge in [0.05, 0.1) is 0 Å². The Morgan fingerprint density at radius 2 is 1.93 bits per heavy atom. The van der Waals surface area contributed by atoms with Gasteiger partial charge in [-0.2, -0.15) is 0 Å². The van der Waals surface area contributed by atoms with Crippen LogP contribution in [0.25, 0.3) is 10.9 Å². The molecule has 2 heteroatoms. The fourth-order valence-corrected chi connectivity index (χ4v) is 1.45. The molecule has 1 nitrogen and oxygen atoms in total. The Hall–Kier alpha value is -1.44. The Morgan fingerprint density at radius 1 is 1.14 bits per heavy atom. The summed E-state index contributed by atoms with van der Waals surface area (Å²) in [5.74, 6) is 0.0870. The highest BCUT2D eigenvalue weighted by molar-refractivity contribution is 5.79. The minimum absolute atomic E-state index is 0.245. The van der Waals surface area contributed by atoms with Crippen LogP contribution in [0.3, 0.4) is 0 Å². The third kappa shape index (κ3) is 1.48. The lowest BCUT2D eigenvalue weighted by molar-refractivity contribution is 0.635. The van der Waals surface area contributed by atoms with E-state index < -0.39 is 0 Å². The minimum atomic E-state index is -0.245. The van der Waals surface area contributed by atoms with E-state index >= 15 is 0 Å². The highest BCUT2D eigenvalue weighted by Crippen LogP contribution is 2.19. The van der Waals surface area contributed by atoms with Crippen molar-refractivity contribution in [3.8, 4) is 0 Å². The second-order valence-electron chi connectivity index (χ2n) is 3.70. The molecule has 0 aliphatic carbocycles. The van der Waals surface area contributed by atoms with Crippen molar-refractivity contribution in [2.24, 2.45) is 0 Å². The predicted molar refractivity (Wildman–Crippen MR) is 55.8 cm³/mol. The summed E-state index contributed by atoms with van der Waals surface area (Å²) in [7, 11) is 0. The summed E-state index contributed by atoms with van der Waals surface area (Å²) in [6.45, 7) is 4.10. The molecule has 0 aliphatic rings. The smallest absolute Gasteiger partial charge is 0.149 e. The van der Waals surface area contributed by atoms with Crippen molar-refractivity contribution in [1.82, 2.24) is 4.98 Å². The SMILES string of the molecule is CC(C)c1ccc2cccc(F)c2n1. The van der Waals surface area contributed by atoms with E-state index in [4.69, 9.17) is 0 Å². The van der Waals surface area contributed by atoms with Crippen molar-refractivity contribution < 1.29 is 4.39 Å². The summed E-state index contributed by atoms with van der Waals surface area (Å²) in [4.78, 5) is 4.30. The third-order valence-electron chi connectivity index (χ3n) is 2.28. The number of aromatic nitrogens is 1. The first-order valence-corrected chi connectivity index (χ1v) is 4.73. The highest BCUT2D eigenvalue weighted by Gasteiger charge is 2.05. The first-order chi connectivity index (χ1) is 6.68. The van der Waals surface area contributed by atoms with E-state index in [1.54, 1.807) is 6.07 Å². The maximum atomic E-state index is 13.4. The lowest BCUT2D eigenvalue weighted by Gasteiger charge is -2.05. The normalized spacial score (nSPS) is 11.1. The van der Waals surface area contributed by atoms with Crippen LogP contribution in [0.15, 0.2) is 30.3 Å². The zero-order valence-electron chi connectivity index (χ0n) is 8.29. The summed E-state index contributed by atoms with van der Waals surface area (Å²) in [6, 6.07) is 8.89. The average molecular weight is 189 g/mol. The molecule has 0 saturated carbocycles.